The number of anilines is 1. The van der Waals surface area contributed by atoms with Crippen molar-refractivity contribution in [2.75, 3.05) is 5.43 Å². The van der Waals surface area contributed by atoms with E-state index in [0.717, 1.165) is 30.8 Å². The number of carboxylic acids is 1. The van der Waals surface area contributed by atoms with Crippen molar-refractivity contribution in [1.82, 2.24) is 9.97 Å². The van der Waals surface area contributed by atoms with E-state index in [2.05, 4.69) is 20.5 Å². The number of hydrazone groups is 1. The first-order valence-corrected chi connectivity index (χ1v) is 9.70. The van der Waals surface area contributed by atoms with E-state index in [4.69, 9.17) is 5.11 Å². The van der Waals surface area contributed by atoms with Gasteiger partial charge in [0.25, 0.3) is 0 Å². The smallest absolute Gasteiger partial charge is 0.354 e. The predicted octanol–water partition coefficient (Wildman–Crippen LogP) is 4.95. The molecule has 6 nitrogen and oxygen atoms in total. The van der Waals surface area contributed by atoms with Gasteiger partial charge in [-0.15, -0.1) is 11.3 Å². The van der Waals surface area contributed by atoms with Crippen LogP contribution in [0.25, 0.3) is 20.8 Å². The van der Waals surface area contributed by atoms with Gasteiger partial charge in [-0.1, -0.05) is 29.5 Å². The Hall–Kier alpha value is -3.10. The molecule has 0 bridgehead atoms. The third kappa shape index (κ3) is 3.71. The average molecular weight is 394 g/mol. The molecule has 4 aromatic rings. The van der Waals surface area contributed by atoms with E-state index in [-0.39, 0.29) is 5.69 Å². The van der Waals surface area contributed by atoms with E-state index in [1.54, 1.807) is 23.5 Å². The number of para-hydroxylation sites is 1. The Kier molecular flexibility index (Phi) is 4.66. The minimum absolute atomic E-state index is 0.0327. The summed E-state index contributed by atoms with van der Waals surface area (Å²) in [5.41, 5.74) is 5.45. The van der Waals surface area contributed by atoms with Crippen molar-refractivity contribution in [1.29, 1.82) is 0 Å². The highest BCUT2D eigenvalue weighted by atomic mass is 32.1. The molecule has 0 aliphatic rings. The fourth-order valence-corrected chi connectivity index (χ4v) is 4.20. The number of benzene rings is 1. The topological polar surface area (TPSA) is 87.5 Å². The van der Waals surface area contributed by atoms with Crippen LogP contribution in [0.1, 0.15) is 22.3 Å². The lowest BCUT2D eigenvalue weighted by atomic mass is 10.2. The van der Waals surface area contributed by atoms with Crippen molar-refractivity contribution < 1.29 is 9.90 Å². The lowest BCUT2D eigenvalue weighted by molar-refractivity contribution is 0.0690. The van der Waals surface area contributed by atoms with Gasteiger partial charge in [0.2, 0.25) is 5.13 Å². The summed E-state index contributed by atoms with van der Waals surface area (Å²) in [6.45, 7) is 1.91. The summed E-state index contributed by atoms with van der Waals surface area (Å²) in [5.74, 6) is -1.04. The minimum atomic E-state index is -1.04. The van der Waals surface area contributed by atoms with Gasteiger partial charge in [0.15, 0.2) is 0 Å². The molecule has 0 spiro atoms. The highest BCUT2D eigenvalue weighted by Crippen LogP contribution is 2.28. The first-order chi connectivity index (χ1) is 13.1. The van der Waals surface area contributed by atoms with Crippen LogP contribution in [-0.4, -0.2) is 26.8 Å². The van der Waals surface area contributed by atoms with E-state index in [1.165, 1.54) is 17.4 Å². The molecular weight excluding hydrogens is 380 g/mol. The fourth-order valence-electron chi connectivity index (χ4n) is 2.47. The normalized spacial score (nSPS) is 11.7. The van der Waals surface area contributed by atoms with Crippen LogP contribution in [0.15, 0.2) is 59.7 Å². The molecule has 0 aliphatic carbocycles. The largest absolute Gasteiger partial charge is 0.477 e. The maximum absolute atomic E-state index is 11.1. The number of nitrogens with zero attached hydrogens (tertiary/aromatic N) is 3. The second-order valence-corrected chi connectivity index (χ2v) is 7.79. The lowest BCUT2D eigenvalue weighted by Gasteiger charge is -1.99. The van der Waals surface area contributed by atoms with Crippen LogP contribution >= 0.6 is 22.7 Å². The molecule has 0 aliphatic heterocycles. The quantitative estimate of drug-likeness (QED) is 0.369. The number of thiazole rings is 1. The molecular formula is C19H14N4O2S2. The predicted molar refractivity (Wildman–Crippen MR) is 110 cm³/mol. The van der Waals surface area contributed by atoms with Crippen LogP contribution in [0, 0.1) is 0 Å². The standard InChI is InChI=1S/C19H14N4O2S2/c1-11(22-23-19-21-13-5-2-3-8-16(13)27-19)15-9-10-17(26-15)12-6-4-7-14(20-12)18(24)25/h2-10H,1H3,(H,21,23)(H,24,25)/b22-11+. The average Bonchev–Trinajstić information content (AvgIpc) is 3.33. The monoisotopic (exact) mass is 394 g/mol. The molecule has 1 aromatic carbocycles. The molecule has 0 saturated carbocycles. The fraction of sp³-hybridized carbons (Fsp3) is 0.0526. The summed E-state index contributed by atoms with van der Waals surface area (Å²) in [5, 5.41) is 14.3. The van der Waals surface area contributed by atoms with E-state index in [0.29, 0.717) is 5.69 Å². The molecule has 0 radical (unpaired) electrons. The van der Waals surface area contributed by atoms with E-state index >= 15 is 0 Å². The third-order valence-corrected chi connectivity index (χ3v) is 5.95. The first-order valence-electron chi connectivity index (χ1n) is 8.07. The van der Waals surface area contributed by atoms with Crippen LogP contribution in [0.5, 0.6) is 0 Å². The Balaban J connectivity index is 1.54. The molecule has 0 unspecified atom stereocenters. The number of pyridine rings is 1. The van der Waals surface area contributed by atoms with Crippen LogP contribution in [0.4, 0.5) is 5.13 Å². The number of hydrogen-bond donors (Lipinski definition) is 2. The van der Waals surface area contributed by atoms with Crippen molar-refractivity contribution in [2.45, 2.75) is 6.92 Å². The SMILES string of the molecule is C/C(=N\Nc1nc2ccccc2s1)c1ccc(-c2cccc(C(=O)O)n2)s1. The molecule has 27 heavy (non-hydrogen) atoms. The summed E-state index contributed by atoms with van der Waals surface area (Å²) >= 11 is 3.06. The van der Waals surface area contributed by atoms with E-state index in [1.807, 2.05) is 43.3 Å². The summed E-state index contributed by atoms with van der Waals surface area (Å²) in [7, 11) is 0. The molecule has 0 saturated heterocycles. The third-order valence-electron chi connectivity index (χ3n) is 3.80. The number of carbonyl (C=O) groups is 1. The van der Waals surface area contributed by atoms with Gasteiger partial charge in [0.1, 0.15) is 5.69 Å². The van der Waals surface area contributed by atoms with Gasteiger partial charge in [0, 0.05) is 0 Å². The molecule has 3 aromatic heterocycles. The first kappa shape index (κ1) is 17.3. The molecule has 0 fully saturated rings. The second-order valence-electron chi connectivity index (χ2n) is 5.67. The second kappa shape index (κ2) is 7.26. The zero-order valence-corrected chi connectivity index (χ0v) is 15.8. The highest BCUT2D eigenvalue weighted by molar-refractivity contribution is 7.22. The molecule has 8 heteroatoms. The molecule has 2 N–H and O–H groups in total. The zero-order valence-electron chi connectivity index (χ0n) is 14.2. The number of rotatable bonds is 5. The summed E-state index contributed by atoms with van der Waals surface area (Å²) in [4.78, 5) is 21.6. The number of fused-ring (bicyclic) bond motifs is 1. The zero-order chi connectivity index (χ0) is 18.8. The van der Waals surface area contributed by atoms with Crippen molar-refractivity contribution in [3.05, 3.63) is 65.2 Å². The van der Waals surface area contributed by atoms with Gasteiger partial charge in [-0.05, 0) is 43.3 Å². The molecule has 4 rings (SSSR count). The lowest BCUT2D eigenvalue weighted by Crippen LogP contribution is -2.00. The maximum atomic E-state index is 11.1. The number of aromatic nitrogens is 2. The number of aromatic carboxylic acids is 1. The number of thiophene rings is 1. The van der Waals surface area contributed by atoms with Gasteiger partial charge in [0.05, 0.1) is 31.4 Å². The number of hydrogen-bond acceptors (Lipinski definition) is 7. The Morgan fingerprint density at radius 3 is 2.70 bits per heavy atom. The van der Waals surface area contributed by atoms with Gasteiger partial charge in [-0.2, -0.15) is 5.10 Å². The molecule has 0 atom stereocenters. The van der Waals surface area contributed by atoms with Crippen molar-refractivity contribution in [2.24, 2.45) is 5.10 Å². The van der Waals surface area contributed by atoms with E-state index in [9.17, 15) is 4.79 Å². The minimum Gasteiger partial charge on any atom is -0.477 e. The van der Waals surface area contributed by atoms with Crippen LogP contribution in [-0.2, 0) is 0 Å². The maximum Gasteiger partial charge on any atom is 0.354 e. The molecule has 3 heterocycles. The van der Waals surface area contributed by atoms with Gasteiger partial charge >= 0.3 is 5.97 Å². The van der Waals surface area contributed by atoms with Gasteiger partial charge in [-0.25, -0.2) is 14.8 Å². The van der Waals surface area contributed by atoms with Crippen molar-refractivity contribution >= 4 is 49.7 Å². The van der Waals surface area contributed by atoms with E-state index < -0.39 is 5.97 Å². The molecule has 134 valence electrons. The molecule has 0 amide bonds. The highest BCUT2D eigenvalue weighted by Gasteiger charge is 2.10. The van der Waals surface area contributed by atoms with Crippen LogP contribution in [0.3, 0.4) is 0 Å². The summed E-state index contributed by atoms with van der Waals surface area (Å²) in [6.07, 6.45) is 0. The Morgan fingerprint density at radius 2 is 1.89 bits per heavy atom. The summed E-state index contributed by atoms with van der Waals surface area (Å²) < 4.78 is 1.11. The Labute approximate surface area is 162 Å². The summed E-state index contributed by atoms with van der Waals surface area (Å²) in [6, 6.07) is 16.8. The Morgan fingerprint density at radius 1 is 1.04 bits per heavy atom. The number of nitrogens with one attached hydrogen (secondary N) is 1. The van der Waals surface area contributed by atoms with Crippen LogP contribution < -0.4 is 5.43 Å². The Bertz CT molecular complexity index is 1130. The van der Waals surface area contributed by atoms with Crippen molar-refractivity contribution in [3.8, 4) is 10.6 Å². The van der Waals surface area contributed by atoms with Gasteiger partial charge < -0.3 is 5.11 Å². The number of carboxylic acid groups (broad SMARTS) is 1. The van der Waals surface area contributed by atoms with Gasteiger partial charge in [-0.3, -0.25) is 5.43 Å². The van der Waals surface area contributed by atoms with Crippen LogP contribution in [0.2, 0.25) is 0 Å². The van der Waals surface area contributed by atoms with Crippen molar-refractivity contribution in [3.63, 3.8) is 0 Å².